The van der Waals surface area contributed by atoms with E-state index in [1.54, 1.807) is 18.0 Å². The van der Waals surface area contributed by atoms with Crippen LogP contribution in [0.25, 0.3) is 0 Å². The number of thiophene rings is 1. The number of hydrogen-bond donors (Lipinski definition) is 2. The Morgan fingerprint density at radius 1 is 1.53 bits per heavy atom. The highest BCUT2D eigenvalue weighted by Crippen LogP contribution is 2.35. The lowest BCUT2D eigenvalue weighted by atomic mass is 10.2. The van der Waals surface area contributed by atoms with Gasteiger partial charge in [0.2, 0.25) is 0 Å². The molecule has 8 heteroatoms. The Morgan fingerprint density at radius 3 is 2.89 bits per heavy atom. The van der Waals surface area contributed by atoms with Crippen LogP contribution in [0.3, 0.4) is 0 Å². The summed E-state index contributed by atoms with van der Waals surface area (Å²) in [5.41, 5.74) is 3.53. The molecule has 0 fully saturated rings. The van der Waals surface area contributed by atoms with Crippen LogP contribution in [0.5, 0.6) is 0 Å². The summed E-state index contributed by atoms with van der Waals surface area (Å²) in [5, 5.41) is 7.34. The first-order valence-corrected chi connectivity index (χ1v) is 7.21. The first kappa shape index (κ1) is 14.8. The summed E-state index contributed by atoms with van der Waals surface area (Å²) >= 11 is 13.9. The number of methoxy groups -OCH3 is 1. The second kappa shape index (κ2) is 6.69. The van der Waals surface area contributed by atoms with Crippen LogP contribution >= 0.6 is 34.5 Å². The number of ether oxygens (including phenoxy) is 1. The van der Waals surface area contributed by atoms with Crippen LogP contribution < -0.4 is 11.3 Å². The number of nitrogens with two attached hydrogens (primary N) is 1. The minimum Gasteiger partial charge on any atom is -0.383 e. The quantitative estimate of drug-likeness (QED) is 0.634. The normalized spacial score (nSPS) is 12.8. The molecule has 0 saturated heterocycles. The molecule has 2 rings (SSSR count). The van der Waals surface area contributed by atoms with Crippen molar-refractivity contribution in [3.8, 4) is 0 Å². The van der Waals surface area contributed by atoms with Gasteiger partial charge in [0, 0.05) is 12.0 Å². The molecule has 2 aromatic rings. The Labute approximate surface area is 125 Å². The lowest BCUT2D eigenvalue weighted by molar-refractivity contribution is 0.182. The molecule has 2 aromatic heterocycles. The number of aromatic nitrogens is 2. The molecule has 19 heavy (non-hydrogen) atoms. The van der Waals surface area contributed by atoms with Crippen molar-refractivity contribution < 1.29 is 4.74 Å². The maximum Gasteiger partial charge on any atom is 0.1000 e. The number of nitrogens with zero attached hydrogens (tertiary/aromatic N) is 2. The van der Waals surface area contributed by atoms with E-state index < -0.39 is 0 Å². The van der Waals surface area contributed by atoms with E-state index in [-0.39, 0.29) is 6.04 Å². The molecular formula is C11H14Cl2N4OS. The van der Waals surface area contributed by atoms with Crippen molar-refractivity contribution in [1.29, 1.82) is 0 Å². The molecule has 2 heterocycles. The van der Waals surface area contributed by atoms with E-state index in [0.717, 1.165) is 10.6 Å². The monoisotopic (exact) mass is 320 g/mol. The van der Waals surface area contributed by atoms with Crippen molar-refractivity contribution in [2.75, 3.05) is 13.7 Å². The van der Waals surface area contributed by atoms with Crippen LogP contribution in [-0.4, -0.2) is 23.5 Å². The summed E-state index contributed by atoms with van der Waals surface area (Å²) in [5.74, 6) is 5.66. The van der Waals surface area contributed by atoms with E-state index in [9.17, 15) is 0 Å². The summed E-state index contributed by atoms with van der Waals surface area (Å²) in [6, 6.07) is 1.54. The maximum absolute atomic E-state index is 6.21. The Morgan fingerprint density at radius 2 is 2.32 bits per heavy atom. The average molecular weight is 321 g/mol. The number of hydrazine groups is 1. The molecule has 104 valence electrons. The summed E-state index contributed by atoms with van der Waals surface area (Å²) < 4.78 is 6.83. The minimum atomic E-state index is -0.292. The van der Waals surface area contributed by atoms with Gasteiger partial charge in [0.25, 0.3) is 0 Å². The average Bonchev–Trinajstić information content (AvgIpc) is 2.97. The molecule has 0 aromatic carbocycles. The zero-order chi connectivity index (χ0) is 13.8. The summed E-state index contributed by atoms with van der Waals surface area (Å²) in [6.45, 7) is 1.14. The standard InChI is InChI=1S/C11H14Cl2N4OS/c1-18-4-3-17-10(8(13)6-15-17)9(16-14)11-7(12)2-5-19-11/h2,5-6,9,16H,3-4,14H2,1H3. The molecule has 0 spiro atoms. The zero-order valence-corrected chi connectivity index (χ0v) is 12.6. The van der Waals surface area contributed by atoms with Crippen molar-refractivity contribution in [3.63, 3.8) is 0 Å². The molecule has 1 unspecified atom stereocenters. The maximum atomic E-state index is 6.21. The van der Waals surface area contributed by atoms with Crippen molar-refractivity contribution in [2.24, 2.45) is 5.84 Å². The van der Waals surface area contributed by atoms with Crippen molar-refractivity contribution in [1.82, 2.24) is 15.2 Å². The zero-order valence-electron chi connectivity index (χ0n) is 10.3. The first-order chi connectivity index (χ1) is 9.19. The first-order valence-electron chi connectivity index (χ1n) is 5.58. The van der Waals surface area contributed by atoms with Gasteiger partial charge in [-0.25, -0.2) is 5.43 Å². The predicted octanol–water partition coefficient (Wildman–Crippen LogP) is 2.45. The fourth-order valence-electron chi connectivity index (χ4n) is 1.81. The second-order valence-electron chi connectivity index (χ2n) is 3.83. The lowest BCUT2D eigenvalue weighted by Gasteiger charge is -2.17. The van der Waals surface area contributed by atoms with Crippen LogP contribution in [-0.2, 0) is 11.3 Å². The number of hydrogen-bond acceptors (Lipinski definition) is 5. The van der Waals surface area contributed by atoms with Gasteiger partial charge in [0.15, 0.2) is 0 Å². The van der Waals surface area contributed by atoms with E-state index in [1.807, 2.05) is 11.4 Å². The smallest absolute Gasteiger partial charge is 0.1000 e. The highest BCUT2D eigenvalue weighted by molar-refractivity contribution is 7.10. The summed E-state index contributed by atoms with van der Waals surface area (Å²) in [7, 11) is 1.64. The van der Waals surface area contributed by atoms with Crippen LogP contribution in [0.2, 0.25) is 10.0 Å². The van der Waals surface area contributed by atoms with E-state index >= 15 is 0 Å². The van der Waals surface area contributed by atoms with Gasteiger partial charge in [-0.2, -0.15) is 5.10 Å². The van der Waals surface area contributed by atoms with Gasteiger partial charge >= 0.3 is 0 Å². The van der Waals surface area contributed by atoms with E-state index in [2.05, 4.69) is 10.5 Å². The van der Waals surface area contributed by atoms with Crippen molar-refractivity contribution in [2.45, 2.75) is 12.6 Å². The van der Waals surface area contributed by atoms with Gasteiger partial charge in [-0.15, -0.1) is 11.3 Å². The molecule has 0 radical (unpaired) electrons. The molecule has 0 saturated carbocycles. The summed E-state index contributed by atoms with van der Waals surface area (Å²) in [4.78, 5) is 0.908. The van der Waals surface area contributed by atoms with Gasteiger partial charge in [0.1, 0.15) is 0 Å². The minimum absolute atomic E-state index is 0.292. The van der Waals surface area contributed by atoms with E-state index in [0.29, 0.717) is 23.2 Å². The van der Waals surface area contributed by atoms with Crippen molar-refractivity contribution >= 4 is 34.5 Å². The molecule has 0 aliphatic rings. The number of nitrogens with one attached hydrogen (secondary N) is 1. The number of halogens is 2. The van der Waals surface area contributed by atoms with Gasteiger partial charge in [-0.3, -0.25) is 10.5 Å². The Hall–Kier alpha value is -0.630. The fourth-order valence-corrected chi connectivity index (χ4v) is 3.28. The molecule has 0 aliphatic heterocycles. The Bertz CT molecular complexity index is 543. The third-order valence-electron chi connectivity index (χ3n) is 2.69. The van der Waals surface area contributed by atoms with Crippen LogP contribution in [0.4, 0.5) is 0 Å². The van der Waals surface area contributed by atoms with Gasteiger partial charge in [-0.1, -0.05) is 23.2 Å². The van der Waals surface area contributed by atoms with E-state index in [4.69, 9.17) is 33.8 Å². The Balaban J connectivity index is 2.38. The fraction of sp³-hybridized carbons (Fsp3) is 0.364. The topological polar surface area (TPSA) is 65.1 Å². The molecule has 0 bridgehead atoms. The second-order valence-corrected chi connectivity index (χ2v) is 5.59. The number of rotatable bonds is 6. The lowest BCUT2D eigenvalue weighted by Crippen LogP contribution is -2.31. The van der Waals surface area contributed by atoms with Gasteiger partial charge in [0.05, 0.1) is 41.1 Å². The molecule has 0 aliphatic carbocycles. The van der Waals surface area contributed by atoms with E-state index in [1.165, 1.54) is 11.3 Å². The molecule has 1 atom stereocenters. The van der Waals surface area contributed by atoms with Crippen LogP contribution in [0, 0.1) is 0 Å². The predicted molar refractivity (Wildman–Crippen MR) is 77.6 cm³/mol. The Kier molecular flexibility index (Phi) is 5.20. The van der Waals surface area contributed by atoms with Crippen LogP contribution in [0.1, 0.15) is 16.6 Å². The van der Waals surface area contributed by atoms with Gasteiger partial charge < -0.3 is 4.74 Å². The third-order valence-corrected chi connectivity index (χ3v) is 4.40. The van der Waals surface area contributed by atoms with Crippen LogP contribution in [0.15, 0.2) is 17.6 Å². The molecule has 0 amide bonds. The molecule has 3 N–H and O–H groups in total. The van der Waals surface area contributed by atoms with Gasteiger partial charge in [-0.05, 0) is 11.4 Å². The summed E-state index contributed by atoms with van der Waals surface area (Å²) in [6.07, 6.45) is 1.60. The molecule has 5 nitrogen and oxygen atoms in total. The highest BCUT2D eigenvalue weighted by Gasteiger charge is 2.24. The highest BCUT2D eigenvalue weighted by atomic mass is 35.5. The molecular weight excluding hydrogens is 307 g/mol. The third kappa shape index (κ3) is 3.10. The largest absolute Gasteiger partial charge is 0.383 e. The SMILES string of the molecule is COCCn1ncc(Cl)c1C(NN)c1sccc1Cl. The van der Waals surface area contributed by atoms with Crippen molar-refractivity contribution in [3.05, 3.63) is 38.3 Å².